The molecule has 2 aromatic carbocycles. The van der Waals surface area contributed by atoms with Crippen LogP contribution < -0.4 is 14.9 Å². The number of nitro groups is 1. The lowest BCUT2D eigenvalue weighted by Gasteiger charge is -2.19. The Labute approximate surface area is 149 Å². The van der Waals surface area contributed by atoms with Gasteiger partial charge in [0.15, 0.2) is 6.10 Å². The minimum Gasteiger partial charge on any atom is -0.492 e. The molecule has 0 saturated carbocycles. The predicted molar refractivity (Wildman–Crippen MR) is 94.4 cm³/mol. The van der Waals surface area contributed by atoms with E-state index in [0.29, 0.717) is 13.0 Å². The average Bonchev–Trinajstić information content (AvgIpc) is 2.66. The second-order valence-corrected chi connectivity index (χ2v) is 5.64. The summed E-state index contributed by atoms with van der Waals surface area (Å²) in [6.07, 6.45) is -0.284. The Morgan fingerprint density at radius 3 is 2.92 bits per heavy atom. The molecule has 1 unspecified atom stereocenters. The fourth-order valence-corrected chi connectivity index (χ4v) is 2.48. The van der Waals surface area contributed by atoms with E-state index in [4.69, 9.17) is 9.47 Å². The van der Waals surface area contributed by atoms with Crippen LogP contribution in [0, 0.1) is 10.1 Å². The Bertz CT molecular complexity index is 865. The molecule has 1 aliphatic heterocycles. The number of ether oxygens (including phenoxy) is 2. The van der Waals surface area contributed by atoms with Crippen molar-refractivity contribution >= 4 is 17.3 Å². The van der Waals surface area contributed by atoms with E-state index in [0.717, 1.165) is 17.0 Å². The quantitative estimate of drug-likeness (QED) is 0.656. The summed E-state index contributed by atoms with van der Waals surface area (Å²) >= 11 is 0. The number of nitro benzene ring substituents is 1. The molecule has 1 aliphatic rings. The summed E-state index contributed by atoms with van der Waals surface area (Å²) in [6, 6.07) is 13.1. The van der Waals surface area contributed by atoms with Crippen molar-refractivity contribution in [3.8, 4) is 11.5 Å². The topological polar surface area (TPSA) is 103 Å². The molecule has 0 saturated heterocycles. The van der Waals surface area contributed by atoms with Crippen molar-refractivity contribution in [1.29, 1.82) is 0 Å². The molecule has 134 valence electrons. The van der Waals surface area contributed by atoms with Crippen LogP contribution in [0.2, 0.25) is 0 Å². The number of amides is 1. The number of fused-ring (bicyclic) bond motifs is 1. The number of hydrazone groups is 1. The molecule has 0 spiro atoms. The Morgan fingerprint density at radius 2 is 2.12 bits per heavy atom. The second-order valence-electron chi connectivity index (χ2n) is 5.64. The lowest BCUT2D eigenvalue weighted by atomic mass is 10.0. The highest BCUT2D eigenvalue weighted by Gasteiger charge is 2.19. The van der Waals surface area contributed by atoms with Gasteiger partial charge in [0.25, 0.3) is 11.6 Å². The van der Waals surface area contributed by atoms with Gasteiger partial charge in [-0.1, -0.05) is 18.2 Å². The van der Waals surface area contributed by atoms with Crippen molar-refractivity contribution in [2.24, 2.45) is 5.10 Å². The highest BCUT2D eigenvalue weighted by atomic mass is 16.6. The Hall–Kier alpha value is -3.42. The molecule has 3 rings (SSSR count). The fraction of sp³-hybridized carbons (Fsp3) is 0.222. The van der Waals surface area contributed by atoms with Crippen LogP contribution >= 0.6 is 0 Å². The first-order chi connectivity index (χ1) is 12.5. The van der Waals surface area contributed by atoms with Gasteiger partial charge in [-0.2, -0.15) is 5.10 Å². The van der Waals surface area contributed by atoms with Gasteiger partial charge in [0.2, 0.25) is 0 Å². The van der Waals surface area contributed by atoms with E-state index in [1.165, 1.54) is 18.2 Å². The largest absolute Gasteiger partial charge is 0.492 e. The van der Waals surface area contributed by atoms with Crippen molar-refractivity contribution in [2.75, 3.05) is 6.61 Å². The van der Waals surface area contributed by atoms with Crippen LogP contribution in [-0.4, -0.2) is 29.3 Å². The molecular formula is C18H17N3O5. The van der Waals surface area contributed by atoms with E-state index in [1.54, 1.807) is 13.0 Å². The third-order valence-corrected chi connectivity index (χ3v) is 3.81. The number of carbonyl (C=O) groups excluding carboxylic acids is 1. The van der Waals surface area contributed by atoms with Crippen LogP contribution in [-0.2, 0) is 4.79 Å². The molecule has 1 N–H and O–H groups in total. The van der Waals surface area contributed by atoms with Gasteiger partial charge < -0.3 is 9.47 Å². The monoisotopic (exact) mass is 355 g/mol. The van der Waals surface area contributed by atoms with Crippen molar-refractivity contribution in [1.82, 2.24) is 5.43 Å². The van der Waals surface area contributed by atoms with Crippen molar-refractivity contribution < 1.29 is 19.2 Å². The van der Waals surface area contributed by atoms with Crippen LogP contribution in [0.25, 0.3) is 0 Å². The molecule has 0 aliphatic carbocycles. The summed E-state index contributed by atoms with van der Waals surface area (Å²) in [5.74, 6) is 0.520. The summed E-state index contributed by atoms with van der Waals surface area (Å²) in [4.78, 5) is 22.5. The lowest BCUT2D eigenvalue weighted by Crippen LogP contribution is -2.34. The van der Waals surface area contributed by atoms with Gasteiger partial charge in [-0.05, 0) is 25.1 Å². The van der Waals surface area contributed by atoms with Crippen LogP contribution in [0.5, 0.6) is 11.5 Å². The first kappa shape index (κ1) is 17.4. The minimum atomic E-state index is -0.864. The zero-order valence-electron chi connectivity index (χ0n) is 14.0. The summed E-state index contributed by atoms with van der Waals surface area (Å²) < 4.78 is 11.0. The van der Waals surface area contributed by atoms with Crippen molar-refractivity contribution in [3.63, 3.8) is 0 Å². The van der Waals surface area contributed by atoms with E-state index < -0.39 is 16.9 Å². The number of hydrogen-bond donors (Lipinski definition) is 1. The second kappa shape index (κ2) is 7.64. The molecule has 1 heterocycles. The zero-order valence-corrected chi connectivity index (χ0v) is 14.0. The maximum atomic E-state index is 12.2. The zero-order chi connectivity index (χ0) is 18.5. The van der Waals surface area contributed by atoms with Gasteiger partial charge in [-0.3, -0.25) is 14.9 Å². The third-order valence-electron chi connectivity index (χ3n) is 3.81. The maximum Gasteiger partial charge on any atom is 0.280 e. The molecule has 2 aromatic rings. The van der Waals surface area contributed by atoms with E-state index in [2.05, 4.69) is 10.5 Å². The SMILES string of the molecule is CC(Oc1cccc([N+](=O)[O-])c1)C(=O)N/N=C1\CCOc2ccccc21. The smallest absolute Gasteiger partial charge is 0.280 e. The van der Waals surface area contributed by atoms with Crippen LogP contribution in [0.3, 0.4) is 0 Å². The average molecular weight is 355 g/mol. The van der Waals surface area contributed by atoms with E-state index >= 15 is 0 Å². The molecule has 0 bridgehead atoms. The van der Waals surface area contributed by atoms with Gasteiger partial charge in [0.1, 0.15) is 11.5 Å². The summed E-state index contributed by atoms with van der Waals surface area (Å²) in [6.45, 7) is 2.04. The number of rotatable bonds is 5. The Kier molecular flexibility index (Phi) is 5.12. The third kappa shape index (κ3) is 3.97. The highest BCUT2D eigenvalue weighted by molar-refractivity contribution is 6.04. The molecular weight excluding hydrogens is 338 g/mol. The summed E-state index contributed by atoms with van der Waals surface area (Å²) in [5, 5.41) is 15.0. The molecule has 8 nitrogen and oxygen atoms in total. The first-order valence-corrected chi connectivity index (χ1v) is 8.04. The number of carbonyl (C=O) groups is 1. The maximum absolute atomic E-state index is 12.2. The molecule has 1 atom stereocenters. The van der Waals surface area contributed by atoms with Gasteiger partial charge in [-0.25, -0.2) is 5.43 Å². The number of hydrogen-bond acceptors (Lipinski definition) is 6. The van der Waals surface area contributed by atoms with Gasteiger partial charge in [0.05, 0.1) is 23.3 Å². The first-order valence-electron chi connectivity index (χ1n) is 8.04. The van der Waals surface area contributed by atoms with Crippen LogP contribution in [0.15, 0.2) is 53.6 Å². The Balaban J connectivity index is 1.65. The molecule has 26 heavy (non-hydrogen) atoms. The number of para-hydroxylation sites is 1. The number of nitrogens with one attached hydrogen (secondary N) is 1. The van der Waals surface area contributed by atoms with E-state index in [9.17, 15) is 14.9 Å². The lowest BCUT2D eigenvalue weighted by molar-refractivity contribution is -0.384. The number of benzene rings is 2. The van der Waals surface area contributed by atoms with E-state index in [1.807, 2.05) is 24.3 Å². The van der Waals surface area contributed by atoms with Crippen LogP contribution in [0.4, 0.5) is 5.69 Å². The molecule has 1 amide bonds. The van der Waals surface area contributed by atoms with Crippen molar-refractivity contribution in [3.05, 3.63) is 64.2 Å². The number of non-ortho nitro benzene ring substituents is 1. The van der Waals surface area contributed by atoms with E-state index in [-0.39, 0.29) is 11.4 Å². The molecule has 0 fully saturated rings. The van der Waals surface area contributed by atoms with Crippen molar-refractivity contribution in [2.45, 2.75) is 19.4 Å². The fourth-order valence-electron chi connectivity index (χ4n) is 2.48. The van der Waals surface area contributed by atoms with Gasteiger partial charge >= 0.3 is 0 Å². The van der Waals surface area contributed by atoms with Gasteiger partial charge in [-0.15, -0.1) is 0 Å². The molecule has 0 aromatic heterocycles. The predicted octanol–water partition coefficient (Wildman–Crippen LogP) is 2.67. The normalized spacial score (nSPS) is 15.5. The van der Waals surface area contributed by atoms with Gasteiger partial charge in [0, 0.05) is 18.1 Å². The Morgan fingerprint density at radius 1 is 1.31 bits per heavy atom. The summed E-state index contributed by atoms with van der Waals surface area (Å²) in [5.41, 5.74) is 3.95. The number of nitrogens with zero attached hydrogens (tertiary/aromatic N) is 2. The minimum absolute atomic E-state index is 0.103. The molecule has 8 heteroatoms. The van der Waals surface area contributed by atoms with Crippen LogP contribution in [0.1, 0.15) is 18.9 Å². The standard InChI is InChI=1S/C18H17N3O5/c1-12(26-14-6-4-5-13(11-14)21(23)24)18(22)20-19-16-9-10-25-17-8-3-2-7-15(16)17/h2-8,11-12H,9-10H2,1H3,(H,20,22)/b19-16+. The summed E-state index contributed by atoms with van der Waals surface area (Å²) in [7, 11) is 0. The highest BCUT2D eigenvalue weighted by Crippen LogP contribution is 2.24. The molecule has 0 radical (unpaired) electrons.